The number of rotatable bonds is 6. The molecule has 0 aliphatic heterocycles. The molecule has 1 N–H and O–H groups in total. The van der Waals surface area contributed by atoms with Crippen LogP contribution in [0.5, 0.6) is 0 Å². The molecule has 0 heterocycles. The highest BCUT2D eigenvalue weighted by Gasteiger charge is 1.98. The lowest BCUT2D eigenvalue weighted by molar-refractivity contribution is 0.0769. The molecule has 1 atom stereocenters. The highest BCUT2D eigenvalue weighted by molar-refractivity contribution is 9.11. The second-order valence-corrected chi connectivity index (χ2v) is 3.54. The van der Waals surface area contributed by atoms with Crippen LogP contribution >= 0.6 is 15.9 Å². The third kappa shape index (κ3) is 8.04. The highest BCUT2D eigenvalue weighted by atomic mass is 79.9. The summed E-state index contributed by atoms with van der Waals surface area (Å²) in [6.07, 6.45) is 0.284. The molecule has 0 rings (SSSR count). The molecule has 0 aromatic heterocycles. The lowest BCUT2D eigenvalue weighted by atomic mass is 10.4. The third-order valence-corrected chi connectivity index (χ3v) is 1.48. The fourth-order valence-electron chi connectivity index (χ4n) is 0.755. The van der Waals surface area contributed by atoms with Crippen LogP contribution in [0.15, 0.2) is 11.1 Å². The van der Waals surface area contributed by atoms with Gasteiger partial charge in [-0.2, -0.15) is 0 Å². The van der Waals surface area contributed by atoms with E-state index in [-0.39, 0.29) is 6.10 Å². The second-order valence-electron chi connectivity index (χ2n) is 2.41. The highest BCUT2D eigenvalue weighted by Crippen LogP contribution is 1.97. The Morgan fingerprint density at radius 2 is 2.36 bits per heavy atom. The molecular formula is C8H16BrNO. The summed E-state index contributed by atoms with van der Waals surface area (Å²) >= 11 is 3.27. The standard InChI is InChI=1S/C8H16BrNO/c1-4-11-8(3)6-10-5-7(2)9/h8,10H,2,4-6H2,1,3H3. The maximum absolute atomic E-state index is 5.32. The first-order chi connectivity index (χ1) is 5.16. The molecule has 66 valence electrons. The van der Waals surface area contributed by atoms with Crippen molar-refractivity contribution < 1.29 is 4.74 Å². The predicted octanol–water partition coefficient (Wildman–Crippen LogP) is 1.91. The van der Waals surface area contributed by atoms with Crippen LogP contribution in [-0.4, -0.2) is 25.8 Å². The van der Waals surface area contributed by atoms with Crippen molar-refractivity contribution in [3.05, 3.63) is 11.1 Å². The minimum Gasteiger partial charge on any atom is -0.377 e. The van der Waals surface area contributed by atoms with Gasteiger partial charge in [0.25, 0.3) is 0 Å². The third-order valence-electron chi connectivity index (χ3n) is 1.20. The Bertz CT molecular complexity index is 117. The van der Waals surface area contributed by atoms with Crippen LogP contribution in [-0.2, 0) is 4.74 Å². The van der Waals surface area contributed by atoms with Crippen LogP contribution in [0.1, 0.15) is 13.8 Å². The molecule has 0 aliphatic rings. The lowest BCUT2D eigenvalue weighted by Crippen LogP contribution is -2.27. The summed E-state index contributed by atoms with van der Waals surface area (Å²) < 4.78 is 6.29. The zero-order chi connectivity index (χ0) is 8.69. The van der Waals surface area contributed by atoms with Crippen molar-refractivity contribution in [3.8, 4) is 0 Å². The van der Waals surface area contributed by atoms with Crippen molar-refractivity contribution in [2.45, 2.75) is 20.0 Å². The van der Waals surface area contributed by atoms with Gasteiger partial charge in [-0.15, -0.1) is 0 Å². The summed E-state index contributed by atoms with van der Waals surface area (Å²) in [7, 11) is 0. The van der Waals surface area contributed by atoms with Crippen LogP contribution in [0.3, 0.4) is 0 Å². The van der Waals surface area contributed by atoms with E-state index in [1.165, 1.54) is 0 Å². The topological polar surface area (TPSA) is 21.3 Å². The molecule has 0 fully saturated rings. The van der Waals surface area contributed by atoms with Gasteiger partial charge in [0.05, 0.1) is 6.10 Å². The minimum atomic E-state index is 0.284. The van der Waals surface area contributed by atoms with E-state index in [2.05, 4.69) is 27.8 Å². The van der Waals surface area contributed by atoms with E-state index >= 15 is 0 Å². The quantitative estimate of drug-likeness (QED) is 0.741. The molecule has 2 nitrogen and oxygen atoms in total. The summed E-state index contributed by atoms with van der Waals surface area (Å²) in [4.78, 5) is 0. The van der Waals surface area contributed by atoms with Gasteiger partial charge in [0.2, 0.25) is 0 Å². The van der Waals surface area contributed by atoms with Gasteiger partial charge in [-0.25, -0.2) is 0 Å². The average molecular weight is 222 g/mol. The molecule has 0 aromatic carbocycles. The van der Waals surface area contributed by atoms with Crippen LogP contribution in [0, 0.1) is 0 Å². The smallest absolute Gasteiger partial charge is 0.0671 e. The van der Waals surface area contributed by atoms with Gasteiger partial charge in [0.1, 0.15) is 0 Å². The van der Waals surface area contributed by atoms with Crippen molar-refractivity contribution >= 4 is 15.9 Å². The van der Waals surface area contributed by atoms with Gasteiger partial charge in [0, 0.05) is 24.2 Å². The van der Waals surface area contributed by atoms with Crippen LogP contribution in [0.4, 0.5) is 0 Å². The lowest BCUT2D eigenvalue weighted by Gasteiger charge is -2.11. The molecule has 0 amide bonds. The fourth-order valence-corrected chi connectivity index (χ4v) is 0.953. The second kappa shape index (κ2) is 6.83. The molecule has 11 heavy (non-hydrogen) atoms. The first-order valence-electron chi connectivity index (χ1n) is 3.82. The van der Waals surface area contributed by atoms with Crippen LogP contribution < -0.4 is 5.32 Å². The number of nitrogens with one attached hydrogen (secondary N) is 1. The summed E-state index contributed by atoms with van der Waals surface area (Å²) in [6, 6.07) is 0. The Kier molecular flexibility index (Phi) is 6.91. The molecule has 3 heteroatoms. The van der Waals surface area contributed by atoms with E-state index in [1.807, 2.05) is 13.8 Å². The zero-order valence-electron chi connectivity index (χ0n) is 7.19. The molecular weight excluding hydrogens is 206 g/mol. The van der Waals surface area contributed by atoms with E-state index in [0.29, 0.717) is 0 Å². The Hall–Kier alpha value is 0.140. The van der Waals surface area contributed by atoms with E-state index in [0.717, 1.165) is 24.2 Å². The molecule has 0 aliphatic carbocycles. The largest absolute Gasteiger partial charge is 0.377 e. The molecule has 0 saturated heterocycles. The molecule has 0 radical (unpaired) electrons. The average Bonchev–Trinajstić information content (AvgIpc) is 1.87. The van der Waals surface area contributed by atoms with E-state index in [4.69, 9.17) is 4.74 Å². The number of ether oxygens (including phenoxy) is 1. The fraction of sp³-hybridized carbons (Fsp3) is 0.750. The normalized spacial score (nSPS) is 13.0. The molecule has 1 unspecified atom stereocenters. The Labute approximate surface area is 77.1 Å². The van der Waals surface area contributed by atoms with Gasteiger partial charge in [-0.3, -0.25) is 0 Å². The maximum Gasteiger partial charge on any atom is 0.0671 e. The van der Waals surface area contributed by atoms with Crippen LogP contribution in [0.2, 0.25) is 0 Å². The van der Waals surface area contributed by atoms with E-state index in [1.54, 1.807) is 0 Å². The first-order valence-corrected chi connectivity index (χ1v) is 4.61. The number of hydrogen-bond acceptors (Lipinski definition) is 2. The van der Waals surface area contributed by atoms with Gasteiger partial charge in [-0.1, -0.05) is 22.5 Å². The molecule has 0 spiro atoms. The van der Waals surface area contributed by atoms with Gasteiger partial charge >= 0.3 is 0 Å². The molecule has 0 bridgehead atoms. The maximum atomic E-state index is 5.32. The SMILES string of the molecule is C=C(Br)CNCC(C)OCC. The van der Waals surface area contributed by atoms with Crippen molar-refractivity contribution in [1.82, 2.24) is 5.32 Å². The Morgan fingerprint density at radius 1 is 1.73 bits per heavy atom. The summed E-state index contributed by atoms with van der Waals surface area (Å²) in [5.41, 5.74) is 0. The Morgan fingerprint density at radius 3 is 2.82 bits per heavy atom. The number of halogens is 1. The summed E-state index contributed by atoms with van der Waals surface area (Å²) in [6.45, 7) is 10.2. The molecule has 0 saturated carbocycles. The summed E-state index contributed by atoms with van der Waals surface area (Å²) in [5.74, 6) is 0. The monoisotopic (exact) mass is 221 g/mol. The van der Waals surface area contributed by atoms with Gasteiger partial charge < -0.3 is 10.1 Å². The predicted molar refractivity (Wildman–Crippen MR) is 52.0 cm³/mol. The van der Waals surface area contributed by atoms with Crippen molar-refractivity contribution in [2.75, 3.05) is 19.7 Å². The molecule has 0 aromatic rings. The minimum absolute atomic E-state index is 0.284. The van der Waals surface area contributed by atoms with Crippen molar-refractivity contribution in [3.63, 3.8) is 0 Å². The van der Waals surface area contributed by atoms with E-state index < -0.39 is 0 Å². The van der Waals surface area contributed by atoms with Gasteiger partial charge in [0.15, 0.2) is 0 Å². The Balaban J connectivity index is 3.16. The van der Waals surface area contributed by atoms with Crippen molar-refractivity contribution in [2.24, 2.45) is 0 Å². The number of hydrogen-bond donors (Lipinski definition) is 1. The zero-order valence-corrected chi connectivity index (χ0v) is 8.78. The first kappa shape index (κ1) is 11.1. The van der Waals surface area contributed by atoms with Crippen molar-refractivity contribution in [1.29, 1.82) is 0 Å². The van der Waals surface area contributed by atoms with Gasteiger partial charge in [-0.05, 0) is 13.8 Å². The van der Waals surface area contributed by atoms with E-state index in [9.17, 15) is 0 Å². The summed E-state index contributed by atoms with van der Waals surface area (Å²) in [5, 5.41) is 3.20. The van der Waals surface area contributed by atoms with Crippen LogP contribution in [0.25, 0.3) is 0 Å².